The molecule has 0 fully saturated rings. The van der Waals surface area contributed by atoms with Crippen LogP contribution in [0.4, 0.5) is 0 Å². The zero-order valence-electron chi connectivity index (χ0n) is 9.27. The first-order valence-electron chi connectivity index (χ1n) is 5.42. The first-order valence-corrected chi connectivity index (χ1v) is 5.42. The van der Waals surface area contributed by atoms with Gasteiger partial charge in [0.2, 0.25) is 0 Å². The van der Waals surface area contributed by atoms with Crippen LogP contribution in [-0.4, -0.2) is 24.5 Å². The first kappa shape index (κ1) is 12.0. The van der Waals surface area contributed by atoms with Gasteiger partial charge < -0.3 is 4.90 Å². The van der Waals surface area contributed by atoms with Crippen LogP contribution in [0.5, 0.6) is 0 Å². The van der Waals surface area contributed by atoms with Gasteiger partial charge in [0.1, 0.15) is 0 Å². The summed E-state index contributed by atoms with van der Waals surface area (Å²) in [6, 6.07) is 0.770. The van der Waals surface area contributed by atoms with Gasteiger partial charge in [0.05, 0.1) is 0 Å². The van der Waals surface area contributed by atoms with Crippen LogP contribution in [0.1, 0.15) is 52.9 Å². The number of unbranched alkanes of at least 4 members (excludes halogenated alkanes) is 3. The summed E-state index contributed by atoms with van der Waals surface area (Å²) in [7, 11) is 2.21. The highest BCUT2D eigenvalue weighted by Gasteiger charge is 2.05. The van der Waals surface area contributed by atoms with Crippen molar-refractivity contribution in [2.45, 2.75) is 58.9 Å². The molecule has 0 spiro atoms. The van der Waals surface area contributed by atoms with Gasteiger partial charge in [0.15, 0.2) is 0 Å². The van der Waals surface area contributed by atoms with E-state index in [1.165, 1.54) is 38.6 Å². The Morgan fingerprint density at radius 3 is 2.25 bits per heavy atom. The SMILES string of the molecule is CCCCCCC(C)N(C)CC. The second kappa shape index (κ2) is 7.60. The Kier molecular flexibility index (Phi) is 7.58. The van der Waals surface area contributed by atoms with E-state index in [4.69, 9.17) is 0 Å². The molecule has 0 radical (unpaired) electrons. The van der Waals surface area contributed by atoms with Crippen molar-refractivity contribution < 1.29 is 0 Å². The monoisotopic (exact) mass is 171 g/mol. The zero-order valence-corrected chi connectivity index (χ0v) is 9.27. The molecule has 0 bridgehead atoms. The van der Waals surface area contributed by atoms with Gasteiger partial charge in [-0.15, -0.1) is 0 Å². The summed E-state index contributed by atoms with van der Waals surface area (Å²) in [6.45, 7) is 7.99. The molecule has 74 valence electrons. The fraction of sp³-hybridized carbons (Fsp3) is 1.00. The van der Waals surface area contributed by atoms with Gasteiger partial charge in [-0.3, -0.25) is 0 Å². The number of rotatable bonds is 7. The van der Waals surface area contributed by atoms with E-state index in [2.05, 4.69) is 32.7 Å². The van der Waals surface area contributed by atoms with Crippen molar-refractivity contribution in [2.24, 2.45) is 0 Å². The predicted octanol–water partition coefficient (Wildman–Crippen LogP) is 3.30. The molecule has 0 heterocycles. The van der Waals surface area contributed by atoms with Crippen molar-refractivity contribution in [1.82, 2.24) is 4.90 Å². The average molecular weight is 171 g/mol. The molecule has 0 aliphatic carbocycles. The van der Waals surface area contributed by atoms with Crippen molar-refractivity contribution in [2.75, 3.05) is 13.6 Å². The smallest absolute Gasteiger partial charge is 0.00637 e. The van der Waals surface area contributed by atoms with Gasteiger partial charge >= 0.3 is 0 Å². The summed E-state index contributed by atoms with van der Waals surface area (Å²) in [4.78, 5) is 2.42. The largest absolute Gasteiger partial charge is 0.304 e. The van der Waals surface area contributed by atoms with Crippen LogP contribution in [0, 0.1) is 0 Å². The Morgan fingerprint density at radius 2 is 1.75 bits per heavy atom. The molecule has 0 aromatic carbocycles. The quantitative estimate of drug-likeness (QED) is 0.531. The maximum absolute atomic E-state index is 2.42. The molecule has 0 rings (SSSR count). The Morgan fingerprint density at radius 1 is 1.08 bits per heavy atom. The summed E-state index contributed by atoms with van der Waals surface area (Å²) in [6.07, 6.45) is 6.93. The second-order valence-corrected chi connectivity index (χ2v) is 3.77. The third kappa shape index (κ3) is 5.59. The molecular formula is C11H25N. The standard InChI is InChI=1S/C11H25N/c1-5-7-8-9-10-11(3)12(4)6-2/h11H,5-10H2,1-4H3. The molecule has 1 nitrogen and oxygen atoms in total. The Hall–Kier alpha value is -0.0400. The van der Waals surface area contributed by atoms with Crippen LogP contribution in [-0.2, 0) is 0 Å². The molecule has 0 aliphatic rings. The first-order chi connectivity index (χ1) is 5.72. The lowest BCUT2D eigenvalue weighted by Crippen LogP contribution is -2.28. The summed E-state index contributed by atoms with van der Waals surface area (Å²) < 4.78 is 0. The molecule has 0 amide bonds. The summed E-state index contributed by atoms with van der Waals surface area (Å²) in [5.41, 5.74) is 0. The molecule has 0 N–H and O–H groups in total. The minimum atomic E-state index is 0.770. The molecular weight excluding hydrogens is 146 g/mol. The van der Waals surface area contributed by atoms with E-state index >= 15 is 0 Å². The maximum atomic E-state index is 2.42. The highest BCUT2D eigenvalue weighted by molar-refractivity contribution is 4.61. The van der Waals surface area contributed by atoms with E-state index < -0.39 is 0 Å². The third-order valence-corrected chi connectivity index (χ3v) is 2.73. The van der Waals surface area contributed by atoms with Gasteiger partial charge in [-0.1, -0.05) is 39.5 Å². The minimum Gasteiger partial charge on any atom is -0.304 e. The highest BCUT2D eigenvalue weighted by atomic mass is 15.1. The molecule has 0 saturated carbocycles. The summed E-state index contributed by atoms with van der Waals surface area (Å²) in [5, 5.41) is 0. The lowest BCUT2D eigenvalue weighted by Gasteiger charge is -2.22. The van der Waals surface area contributed by atoms with Crippen molar-refractivity contribution >= 4 is 0 Å². The molecule has 12 heavy (non-hydrogen) atoms. The molecule has 1 heteroatoms. The Balaban J connectivity index is 3.24. The third-order valence-electron chi connectivity index (χ3n) is 2.73. The van der Waals surface area contributed by atoms with Crippen molar-refractivity contribution in [3.8, 4) is 0 Å². The van der Waals surface area contributed by atoms with E-state index in [0.717, 1.165) is 6.04 Å². The molecule has 0 aliphatic heterocycles. The van der Waals surface area contributed by atoms with Crippen LogP contribution in [0.2, 0.25) is 0 Å². The molecule has 0 aromatic heterocycles. The van der Waals surface area contributed by atoms with Crippen molar-refractivity contribution in [3.63, 3.8) is 0 Å². The van der Waals surface area contributed by atoms with Crippen LogP contribution in [0.15, 0.2) is 0 Å². The lowest BCUT2D eigenvalue weighted by atomic mass is 10.1. The number of hydrogen-bond acceptors (Lipinski definition) is 1. The zero-order chi connectivity index (χ0) is 9.40. The number of nitrogens with zero attached hydrogens (tertiary/aromatic N) is 1. The Labute approximate surface area is 78.1 Å². The minimum absolute atomic E-state index is 0.770. The van der Waals surface area contributed by atoms with Gasteiger partial charge in [0.25, 0.3) is 0 Å². The molecule has 1 atom stereocenters. The van der Waals surface area contributed by atoms with Gasteiger partial charge in [0, 0.05) is 6.04 Å². The molecule has 0 aromatic rings. The summed E-state index contributed by atoms with van der Waals surface area (Å²) >= 11 is 0. The molecule has 0 saturated heterocycles. The van der Waals surface area contributed by atoms with E-state index in [0.29, 0.717) is 0 Å². The van der Waals surface area contributed by atoms with E-state index in [9.17, 15) is 0 Å². The second-order valence-electron chi connectivity index (χ2n) is 3.77. The van der Waals surface area contributed by atoms with Crippen molar-refractivity contribution in [3.05, 3.63) is 0 Å². The van der Waals surface area contributed by atoms with Crippen LogP contribution in [0.25, 0.3) is 0 Å². The average Bonchev–Trinajstić information content (AvgIpc) is 2.10. The fourth-order valence-electron chi connectivity index (χ4n) is 1.40. The Bertz CT molecular complexity index is 91.0. The lowest BCUT2D eigenvalue weighted by molar-refractivity contribution is 0.253. The highest BCUT2D eigenvalue weighted by Crippen LogP contribution is 2.08. The topological polar surface area (TPSA) is 3.24 Å². The van der Waals surface area contributed by atoms with Gasteiger partial charge in [-0.25, -0.2) is 0 Å². The van der Waals surface area contributed by atoms with Crippen LogP contribution in [0.3, 0.4) is 0 Å². The predicted molar refractivity (Wildman–Crippen MR) is 56.5 cm³/mol. The van der Waals surface area contributed by atoms with Crippen molar-refractivity contribution in [1.29, 1.82) is 0 Å². The van der Waals surface area contributed by atoms with Crippen LogP contribution < -0.4 is 0 Å². The summed E-state index contributed by atoms with van der Waals surface area (Å²) in [5.74, 6) is 0. The maximum Gasteiger partial charge on any atom is 0.00637 e. The fourth-order valence-corrected chi connectivity index (χ4v) is 1.40. The molecule has 1 unspecified atom stereocenters. The van der Waals surface area contributed by atoms with E-state index in [-0.39, 0.29) is 0 Å². The van der Waals surface area contributed by atoms with Gasteiger partial charge in [-0.2, -0.15) is 0 Å². The normalized spacial score (nSPS) is 13.8. The number of hydrogen-bond donors (Lipinski definition) is 0. The van der Waals surface area contributed by atoms with E-state index in [1.54, 1.807) is 0 Å². The van der Waals surface area contributed by atoms with Crippen LogP contribution >= 0.6 is 0 Å². The van der Waals surface area contributed by atoms with Gasteiger partial charge in [-0.05, 0) is 26.9 Å². The van der Waals surface area contributed by atoms with E-state index in [1.807, 2.05) is 0 Å².